The average molecular weight is 614 g/mol. The second kappa shape index (κ2) is 12.5. The van der Waals surface area contributed by atoms with Crippen LogP contribution in [0, 0.1) is 6.92 Å². The molecule has 3 heterocycles. The van der Waals surface area contributed by atoms with Crippen LogP contribution in [0.1, 0.15) is 64.6 Å². The van der Waals surface area contributed by atoms with Crippen LogP contribution in [-0.2, 0) is 20.8 Å². The molecule has 0 unspecified atom stereocenters. The van der Waals surface area contributed by atoms with E-state index in [-0.39, 0.29) is 30.2 Å². The zero-order valence-corrected chi connectivity index (χ0v) is 24.9. The van der Waals surface area contributed by atoms with Crippen LogP contribution < -0.4 is 10.9 Å². The molecule has 0 bridgehead atoms. The number of nitrogens with one attached hydrogen (secondary N) is 1. The normalized spacial score (nSPS) is 13.7. The number of anilines is 1. The first-order valence-electron chi connectivity index (χ1n) is 13.3. The molecule has 0 spiro atoms. The molecule has 0 saturated heterocycles. The zero-order valence-electron chi connectivity index (χ0n) is 22.5. The Kier molecular flexibility index (Phi) is 8.86. The highest BCUT2D eigenvalue weighted by Gasteiger charge is 2.26. The summed E-state index contributed by atoms with van der Waals surface area (Å²) in [6.45, 7) is 3.22. The summed E-state index contributed by atoms with van der Waals surface area (Å²) in [6, 6.07) is 6.98. The van der Waals surface area contributed by atoms with Gasteiger partial charge in [-0.15, -0.1) is 22.7 Å². The van der Waals surface area contributed by atoms with E-state index in [9.17, 15) is 19.2 Å². The highest BCUT2D eigenvalue weighted by Crippen LogP contribution is 2.37. The molecule has 1 aliphatic carbocycles. The second-order valence-electron chi connectivity index (χ2n) is 9.71. The number of aromatic nitrogens is 2. The van der Waals surface area contributed by atoms with E-state index in [1.54, 1.807) is 43.5 Å². The summed E-state index contributed by atoms with van der Waals surface area (Å²) in [5.41, 5.74) is 1.62. The Morgan fingerprint density at radius 1 is 1.12 bits per heavy atom. The fourth-order valence-corrected chi connectivity index (χ4v) is 6.99. The lowest BCUT2D eigenvalue weighted by Crippen LogP contribution is -2.28. The molecule has 12 heteroatoms. The lowest BCUT2D eigenvalue weighted by atomic mass is 9.98. The molecular formula is C29H28ClN3O6S2. The van der Waals surface area contributed by atoms with E-state index in [1.165, 1.54) is 22.2 Å². The zero-order chi connectivity index (χ0) is 29.1. The Hall–Kier alpha value is -3.54. The molecule has 214 valence electrons. The number of carbonyl (C=O) groups excluding carboxylic acids is 3. The summed E-state index contributed by atoms with van der Waals surface area (Å²) >= 11 is 8.31. The van der Waals surface area contributed by atoms with Crippen molar-refractivity contribution >= 4 is 67.3 Å². The van der Waals surface area contributed by atoms with Gasteiger partial charge in [-0.25, -0.2) is 14.6 Å². The second-order valence-corrected chi connectivity index (χ2v) is 12.0. The summed E-state index contributed by atoms with van der Waals surface area (Å²) in [5, 5.41) is 5.66. The van der Waals surface area contributed by atoms with Crippen LogP contribution in [0.2, 0.25) is 5.02 Å². The van der Waals surface area contributed by atoms with E-state index >= 15 is 0 Å². The third-order valence-corrected chi connectivity index (χ3v) is 9.25. The van der Waals surface area contributed by atoms with Gasteiger partial charge in [-0.3, -0.25) is 14.2 Å². The standard InChI is InChI=1S/C29H28ClN3O6S2/c1-3-38-28(36)23-20(17-9-11-18(30)12-10-17)14-40-26(23)32-21(34)13-33-15-31-25-22(27(33)35)16(2)24(41-25)29(37)39-19-7-5-4-6-8-19/h9-12,14-15,19H,3-8,13H2,1-2H3,(H,32,34). The molecule has 5 rings (SSSR count). The van der Waals surface area contributed by atoms with Crippen LogP contribution >= 0.6 is 34.3 Å². The molecule has 9 nitrogen and oxygen atoms in total. The largest absolute Gasteiger partial charge is 0.462 e. The van der Waals surface area contributed by atoms with Gasteiger partial charge in [-0.2, -0.15) is 0 Å². The molecule has 0 atom stereocenters. The molecule has 1 saturated carbocycles. The number of carbonyl (C=O) groups is 3. The van der Waals surface area contributed by atoms with E-state index in [0.29, 0.717) is 30.9 Å². The van der Waals surface area contributed by atoms with Gasteiger partial charge in [0.2, 0.25) is 5.91 Å². The fraction of sp³-hybridized carbons (Fsp3) is 0.345. The first-order chi connectivity index (χ1) is 19.8. The highest BCUT2D eigenvalue weighted by atomic mass is 35.5. The van der Waals surface area contributed by atoms with Gasteiger partial charge >= 0.3 is 11.9 Å². The van der Waals surface area contributed by atoms with Crippen molar-refractivity contribution in [3.05, 3.63) is 67.4 Å². The van der Waals surface area contributed by atoms with Crippen LogP contribution in [0.25, 0.3) is 21.3 Å². The minimum Gasteiger partial charge on any atom is -0.462 e. The van der Waals surface area contributed by atoms with Crippen LogP contribution in [0.3, 0.4) is 0 Å². The lowest BCUT2D eigenvalue weighted by molar-refractivity contribution is -0.116. The van der Waals surface area contributed by atoms with Crippen LogP contribution in [0.4, 0.5) is 5.00 Å². The molecule has 0 radical (unpaired) electrons. The number of rotatable bonds is 8. The number of ether oxygens (including phenoxy) is 2. The summed E-state index contributed by atoms with van der Waals surface area (Å²) in [6.07, 6.45) is 6.09. The highest BCUT2D eigenvalue weighted by molar-refractivity contribution is 7.20. The summed E-state index contributed by atoms with van der Waals surface area (Å²) in [5.74, 6) is -1.54. The minimum absolute atomic E-state index is 0.105. The van der Waals surface area contributed by atoms with E-state index in [1.807, 2.05) is 0 Å². The van der Waals surface area contributed by atoms with Gasteiger partial charge < -0.3 is 14.8 Å². The van der Waals surface area contributed by atoms with Crippen LogP contribution in [0.15, 0.2) is 40.8 Å². The fourth-order valence-electron chi connectivity index (χ4n) is 4.87. The molecular weight excluding hydrogens is 586 g/mol. The maximum absolute atomic E-state index is 13.4. The number of aryl methyl sites for hydroxylation is 1. The maximum Gasteiger partial charge on any atom is 0.348 e. The van der Waals surface area contributed by atoms with Crippen molar-refractivity contribution in [2.24, 2.45) is 0 Å². The first-order valence-corrected chi connectivity index (χ1v) is 15.4. The van der Waals surface area contributed by atoms with Crippen molar-refractivity contribution in [2.45, 2.75) is 58.6 Å². The van der Waals surface area contributed by atoms with Crippen molar-refractivity contribution in [3.63, 3.8) is 0 Å². The summed E-state index contributed by atoms with van der Waals surface area (Å²) in [4.78, 5) is 57.3. The maximum atomic E-state index is 13.4. The number of halogens is 1. The number of hydrogen-bond donors (Lipinski definition) is 1. The molecule has 1 fully saturated rings. The average Bonchev–Trinajstić information content (AvgIpc) is 3.52. The smallest absolute Gasteiger partial charge is 0.348 e. The molecule has 3 aromatic heterocycles. The topological polar surface area (TPSA) is 117 Å². The Morgan fingerprint density at radius 3 is 2.56 bits per heavy atom. The molecule has 1 amide bonds. The molecule has 1 N–H and O–H groups in total. The lowest BCUT2D eigenvalue weighted by Gasteiger charge is -2.21. The van der Waals surface area contributed by atoms with Crippen LogP contribution in [-0.4, -0.2) is 40.1 Å². The molecule has 1 aliphatic rings. The SMILES string of the molecule is CCOC(=O)c1c(-c2ccc(Cl)cc2)csc1NC(=O)Cn1cnc2sc(C(=O)OC3CCCCC3)c(C)c2c1=O. The predicted octanol–water partition coefficient (Wildman–Crippen LogP) is 6.45. The number of thiophene rings is 2. The monoisotopic (exact) mass is 613 g/mol. The molecule has 1 aromatic carbocycles. The minimum atomic E-state index is -0.573. The van der Waals surface area contributed by atoms with Gasteiger partial charge in [0.05, 0.1) is 18.3 Å². The number of nitrogens with zero attached hydrogens (tertiary/aromatic N) is 2. The van der Waals surface area contributed by atoms with Gasteiger partial charge in [0, 0.05) is 16.0 Å². The summed E-state index contributed by atoms with van der Waals surface area (Å²) in [7, 11) is 0. The van der Waals surface area contributed by atoms with E-state index < -0.39 is 23.4 Å². The van der Waals surface area contributed by atoms with Crippen molar-refractivity contribution in [3.8, 4) is 11.1 Å². The van der Waals surface area contributed by atoms with Gasteiger partial charge in [0.15, 0.2) is 0 Å². The first kappa shape index (κ1) is 29.0. The summed E-state index contributed by atoms with van der Waals surface area (Å²) < 4.78 is 12.1. The van der Waals surface area contributed by atoms with E-state index in [4.69, 9.17) is 21.1 Å². The van der Waals surface area contributed by atoms with Crippen molar-refractivity contribution in [1.29, 1.82) is 0 Å². The van der Waals surface area contributed by atoms with Gasteiger partial charge in [-0.1, -0.05) is 30.2 Å². The third kappa shape index (κ3) is 6.22. The molecule has 0 aliphatic heterocycles. The van der Waals surface area contributed by atoms with Gasteiger partial charge in [0.25, 0.3) is 5.56 Å². The van der Waals surface area contributed by atoms with Crippen molar-refractivity contribution < 1.29 is 23.9 Å². The number of esters is 2. The quantitative estimate of drug-likeness (QED) is 0.227. The Labute approximate surface area is 249 Å². The van der Waals surface area contributed by atoms with E-state index in [2.05, 4.69) is 10.3 Å². The van der Waals surface area contributed by atoms with Crippen LogP contribution in [0.5, 0.6) is 0 Å². The van der Waals surface area contributed by atoms with Crippen molar-refractivity contribution in [1.82, 2.24) is 9.55 Å². The Morgan fingerprint density at radius 2 is 1.85 bits per heavy atom. The number of amides is 1. The van der Waals surface area contributed by atoms with Gasteiger partial charge in [0.1, 0.15) is 32.9 Å². The third-order valence-electron chi connectivity index (χ3n) is 6.92. The predicted molar refractivity (Wildman–Crippen MR) is 160 cm³/mol. The van der Waals surface area contributed by atoms with Crippen molar-refractivity contribution in [2.75, 3.05) is 11.9 Å². The number of benzene rings is 1. The van der Waals surface area contributed by atoms with Gasteiger partial charge in [-0.05, 0) is 62.8 Å². The Balaban J connectivity index is 1.37. The molecule has 41 heavy (non-hydrogen) atoms. The number of hydrogen-bond acceptors (Lipinski definition) is 9. The van der Waals surface area contributed by atoms with E-state index in [0.717, 1.165) is 49.0 Å². The number of fused-ring (bicyclic) bond motifs is 1. The molecule has 4 aromatic rings. The Bertz CT molecular complexity index is 1670.